The molecule has 0 rings (SSSR count). The summed E-state index contributed by atoms with van der Waals surface area (Å²) < 4.78 is 0. The van der Waals surface area contributed by atoms with E-state index >= 15 is 0 Å². The number of Topliss-reactive ketones (excluding diaryl/α,β-unsaturated/α-hetero) is 1. The third-order valence-corrected chi connectivity index (χ3v) is 3.83. The fraction of sp³-hybridized carbons (Fsp3) is 0.833. The molecular weight excluding hydrogens is 306 g/mol. The smallest absolute Gasteiger partial charge is 0.233 e. The molecule has 0 aromatic heterocycles. The van der Waals surface area contributed by atoms with Gasteiger partial charge < -0.3 is 16.4 Å². The Bertz CT molecular complexity index is 389. The topological polar surface area (TPSA) is 101 Å². The summed E-state index contributed by atoms with van der Waals surface area (Å²) in [6.45, 7) is 7.10. The van der Waals surface area contributed by atoms with E-state index in [2.05, 4.69) is 10.6 Å². The Morgan fingerprint density at radius 3 is 1.75 bits per heavy atom. The van der Waals surface area contributed by atoms with E-state index < -0.39 is 0 Å². The van der Waals surface area contributed by atoms with Crippen LogP contribution < -0.4 is 16.4 Å². The number of carbonyl (C=O) groups is 3. The molecule has 0 aliphatic carbocycles. The highest BCUT2D eigenvalue weighted by molar-refractivity contribution is 5.83. The summed E-state index contributed by atoms with van der Waals surface area (Å²) in [6.07, 6.45) is 6.59. The molecule has 0 bridgehead atoms. The summed E-state index contributed by atoms with van der Waals surface area (Å²) in [5, 5.41) is 5.57. The minimum absolute atomic E-state index is 0.0150. The van der Waals surface area contributed by atoms with Crippen LogP contribution in [0.4, 0.5) is 0 Å². The van der Waals surface area contributed by atoms with E-state index in [1.165, 1.54) is 0 Å². The number of nitrogens with one attached hydrogen (secondary N) is 2. The maximum Gasteiger partial charge on any atom is 0.233 e. The number of hydrogen-bond acceptors (Lipinski definition) is 4. The second kappa shape index (κ2) is 12.9. The first-order valence-electron chi connectivity index (χ1n) is 9.04. The zero-order valence-electron chi connectivity index (χ0n) is 15.6. The molecular formula is C18H35N3O3. The third-order valence-electron chi connectivity index (χ3n) is 3.83. The van der Waals surface area contributed by atoms with Crippen LogP contribution in [0.25, 0.3) is 0 Å². The molecule has 140 valence electrons. The standard InChI is InChI=1S/C18H35N3O3/c1-18(2,3)15(22)10-6-4-5-7-11-16(23)20-12-8-9-13-21-17(24)14-19/h4-14,19H2,1-3H3,(H,20,23)(H,21,24). The second-order valence-electron chi connectivity index (χ2n) is 7.20. The Labute approximate surface area is 146 Å². The maximum absolute atomic E-state index is 11.8. The van der Waals surface area contributed by atoms with Crippen molar-refractivity contribution < 1.29 is 14.4 Å². The van der Waals surface area contributed by atoms with Gasteiger partial charge in [-0.25, -0.2) is 0 Å². The lowest BCUT2D eigenvalue weighted by Crippen LogP contribution is -2.31. The van der Waals surface area contributed by atoms with Gasteiger partial charge in [-0.1, -0.05) is 33.6 Å². The van der Waals surface area contributed by atoms with Crippen molar-refractivity contribution in [2.24, 2.45) is 11.1 Å². The lowest BCUT2D eigenvalue weighted by atomic mass is 9.88. The van der Waals surface area contributed by atoms with Gasteiger partial charge in [-0.15, -0.1) is 0 Å². The van der Waals surface area contributed by atoms with Crippen molar-refractivity contribution >= 4 is 17.6 Å². The predicted octanol–water partition coefficient (Wildman–Crippen LogP) is 1.91. The van der Waals surface area contributed by atoms with Gasteiger partial charge in [-0.3, -0.25) is 14.4 Å². The Hall–Kier alpha value is -1.43. The minimum atomic E-state index is -0.243. The monoisotopic (exact) mass is 341 g/mol. The number of rotatable bonds is 13. The lowest BCUT2D eigenvalue weighted by molar-refractivity contribution is -0.126. The van der Waals surface area contributed by atoms with Gasteiger partial charge in [0.2, 0.25) is 11.8 Å². The molecule has 4 N–H and O–H groups in total. The number of ketones is 1. The van der Waals surface area contributed by atoms with E-state index in [1.807, 2.05) is 20.8 Å². The molecule has 2 amide bonds. The maximum atomic E-state index is 11.8. The highest BCUT2D eigenvalue weighted by Crippen LogP contribution is 2.18. The predicted molar refractivity (Wildman–Crippen MR) is 96.5 cm³/mol. The van der Waals surface area contributed by atoms with Crippen LogP contribution >= 0.6 is 0 Å². The van der Waals surface area contributed by atoms with Gasteiger partial charge >= 0.3 is 0 Å². The molecule has 0 aliphatic heterocycles. The normalized spacial score (nSPS) is 11.2. The highest BCUT2D eigenvalue weighted by Gasteiger charge is 2.19. The molecule has 24 heavy (non-hydrogen) atoms. The quantitative estimate of drug-likeness (QED) is 0.445. The van der Waals surface area contributed by atoms with Crippen molar-refractivity contribution in [2.75, 3.05) is 19.6 Å². The van der Waals surface area contributed by atoms with Gasteiger partial charge in [0.25, 0.3) is 0 Å². The van der Waals surface area contributed by atoms with Crippen LogP contribution in [0.3, 0.4) is 0 Å². The average molecular weight is 341 g/mol. The summed E-state index contributed by atoms with van der Waals surface area (Å²) in [6, 6.07) is 0. The molecule has 0 aliphatic rings. The molecule has 0 saturated heterocycles. The molecule has 0 fully saturated rings. The van der Waals surface area contributed by atoms with Crippen molar-refractivity contribution in [3.63, 3.8) is 0 Å². The van der Waals surface area contributed by atoms with E-state index in [-0.39, 0.29) is 23.8 Å². The van der Waals surface area contributed by atoms with Gasteiger partial charge in [0.15, 0.2) is 0 Å². The van der Waals surface area contributed by atoms with Gasteiger partial charge in [-0.2, -0.15) is 0 Å². The van der Waals surface area contributed by atoms with Crippen molar-refractivity contribution in [1.82, 2.24) is 10.6 Å². The van der Waals surface area contributed by atoms with E-state index in [9.17, 15) is 14.4 Å². The van der Waals surface area contributed by atoms with E-state index in [1.54, 1.807) is 0 Å². The molecule has 6 nitrogen and oxygen atoms in total. The van der Waals surface area contributed by atoms with Crippen LogP contribution in [0.5, 0.6) is 0 Å². The van der Waals surface area contributed by atoms with Crippen molar-refractivity contribution in [3.8, 4) is 0 Å². The van der Waals surface area contributed by atoms with Gasteiger partial charge in [-0.05, 0) is 25.7 Å². The van der Waals surface area contributed by atoms with Crippen LogP contribution in [-0.4, -0.2) is 37.2 Å². The number of carbonyl (C=O) groups excluding carboxylic acids is 3. The zero-order valence-corrected chi connectivity index (χ0v) is 15.6. The summed E-state index contributed by atoms with van der Waals surface area (Å²) in [5.74, 6) is 0.234. The molecule has 0 unspecified atom stereocenters. The van der Waals surface area contributed by atoms with Crippen LogP contribution in [0.15, 0.2) is 0 Å². The molecule has 0 atom stereocenters. The molecule has 6 heteroatoms. The number of hydrogen-bond donors (Lipinski definition) is 3. The molecule has 0 spiro atoms. The third kappa shape index (κ3) is 13.0. The van der Waals surface area contributed by atoms with Crippen LogP contribution in [0, 0.1) is 5.41 Å². The van der Waals surface area contributed by atoms with Gasteiger partial charge in [0, 0.05) is 31.3 Å². The first kappa shape index (κ1) is 22.6. The Balaban J connectivity index is 3.41. The van der Waals surface area contributed by atoms with E-state index in [0.29, 0.717) is 31.7 Å². The average Bonchev–Trinajstić information content (AvgIpc) is 2.52. The second-order valence-corrected chi connectivity index (χ2v) is 7.20. The summed E-state index contributed by atoms with van der Waals surface area (Å²) in [7, 11) is 0. The molecule has 0 saturated carbocycles. The Morgan fingerprint density at radius 2 is 1.25 bits per heavy atom. The van der Waals surface area contributed by atoms with Gasteiger partial charge in [0.1, 0.15) is 5.78 Å². The van der Waals surface area contributed by atoms with E-state index in [0.717, 1.165) is 38.5 Å². The zero-order chi connectivity index (χ0) is 18.4. The number of nitrogens with two attached hydrogens (primary N) is 1. The van der Waals surface area contributed by atoms with Crippen molar-refractivity contribution in [3.05, 3.63) is 0 Å². The van der Waals surface area contributed by atoms with Crippen molar-refractivity contribution in [2.45, 2.75) is 72.1 Å². The first-order chi connectivity index (χ1) is 11.3. The highest BCUT2D eigenvalue weighted by atomic mass is 16.2. The molecule has 0 aromatic carbocycles. The largest absolute Gasteiger partial charge is 0.356 e. The van der Waals surface area contributed by atoms with Gasteiger partial charge in [0.05, 0.1) is 6.54 Å². The fourth-order valence-corrected chi connectivity index (χ4v) is 2.17. The lowest BCUT2D eigenvalue weighted by Gasteiger charge is -2.16. The number of unbranched alkanes of at least 4 members (excludes halogenated alkanes) is 4. The SMILES string of the molecule is CC(C)(C)C(=O)CCCCCCC(=O)NCCCCNC(=O)CN. The van der Waals surface area contributed by atoms with Crippen LogP contribution in [0.1, 0.15) is 72.1 Å². The Kier molecular flexibility index (Phi) is 12.2. The minimum Gasteiger partial charge on any atom is -0.356 e. The summed E-state index contributed by atoms with van der Waals surface area (Å²) >= 11 is 0. The Morgan fingerprint density at radius 1 is 0.750 bits per heavy atom. The summed E-state index contributed by atoms with van der Waals surface area (Å²) in [4.78, 5) is 34.3. The molecule has 0 radical (unpaired) electrons. The van der Waals surface area contributed by atoms with Crippen molar-refractivity contribution in [1.29, 1.82) is 0 Å². The number of amides is 2. The van der Waals surface area contributed by atoms with Crippen LogP contribution in [0.2, 0.25) is 0 Å². The molecule has 0 aromatic rings. The summed E-state index contributed by atoms with van der Waals surface area (Å²) in [5.41, 5.74) is 4.93. The van der Waals surface area contributed by atoms with Crippen LogP contribution in [-0.2, 0) is 14.4 Å². The molecule has 0 heterocycles. The fourth-order valence-electron chi connectivity index (χ4n) is 2.17. The van der Waals surface area contributed by atoms with E-state index in [4.69, 9.17) is 5.73 Å². The first-order valence-corrected chi connectivity index (χ1v) is 9.04.